The van der Waals surface area contributed by atoms with Crippen molar-refractivity contribution in [2.45, 2.75) is 39.5 Å². The predicted octanol–water partition coefficient (Wildman–Crippen LogP) is 0.775. The van der Waals surface area contributed by atoms with Gasteiger partial charge in [-0.2, -0.15) is 0 Å². The Bertz CT molecular complexity index is 166. The molecule has 0 aromatic rings. The number of hydrogen-bond donors (Lipinski definition) is 4. The van der Waals surface area contributed by atoms with Gasteiger partial charge in [-0.25, -0.2) is 0 Å². The topological polar surface area (TPSA) is 80.9 Å². The lowest BCUT2D eigenvalue weighted by Gasteiger charge is -2.26. The van der Waals surface area contributed by atoms with Crippen molar-refractivity contribution < 1.29 is 20.4 Å². The fourth-order valence-corrected chi connectivity index (χ4v) is 1.78. The van der Waals surface area contributed by atoms with Gasteiger partial charge in [0.2, 0.25) is 0 Å². The molecule has 0 bridgehead atoms. The fourth-order valence-electron chi connectivity index (χ4n) is 1.78. The Kier molecular flexibility index (Phi) is 8.78. The maximum atomic E-state index is 8.82. The van der Waals surface area contributed by atoms with E-state index < -0.39 is 0 Å². The minimum atomic E-state index is -0.306. The van der Waals surface area contributed by atoms with Crippen LogP contribution in [0.1, 0.15) is 39.5 Å². The van der Waals surface area contributed by atoms with Crippen LogP contribution >= 0.6 is 0 Å². The molecule has 17 heavy (non-hydrogen) atoms. The highest BCUT2D eigenvalue weighted by atomic mass is 16.3. The lowest BCUT2D eigenvalue weighted by Crippen LogP contribution is -2.20. The van der Waals surface area contributed by atoms with Crippen LogP contribution in [0.2, 0.25) is 0 Å². The first-order valence-electron chi connectivity index (χ1n) is 6.42. The van der Waals surface area contributed by atoms with Crippen molar-refractivity contribution >= 4 is 0 Å². The summed E-state index contributed by atoms with van der Waals surface area (Å²) in [4.78, 5) is 0. The number of aliphatic hydroxyl groups is 4. The Hall–Kier alpha value is -0.160. The Morgan fingerprint density at radius 2 is 1.29 bits per heavy atom. The second-order valence-electron chi connectivity index (χ2n) is 5.74. The summed E-state index contributed by atoms with van der Waals surface area (Å²) < 4.78 is 0. The van der Waals surface area contributed by atoms with E-state index in [1.807, 2.05) is 0 Å². The second kappa shape index (κ2) is 8.86. The Balaban J connectivity index is 0.000000325. The summed E-state index contributed by atoms with van der Waals surface area (Å²) in [6.07, 6.45) is 4.49. The van der Waals surface area contributed by atoms with E-state index in [0.29, 0.717) is 25.0 Å². The molecule has 1 fully saturated rings. The van der Waals surface area contributed by atoms with Crippen LogP contribution in [-0.4, -0.2) is 46.9 Å². The molecule has 4 heteroatoms. The number of hydrogen-bond acceptors (Lipinski definition) is 4. The third kappa shape index (κ3) is 7.71. The van der Waals surface area contributed by atoms with Gasteiger partial charge in [-0.3, -0.25) is 0 Å². The third-order valence-electron chi connectivity index (χ3n) is 3.26. The van der Waals surface area contributed by atoms with Crippen molar-refractivity contribution in [1.29, 1.82) is 0 Å². The van der Waals surface area contributed by atoms with Crippen molar-refractivity contribution in [3.05, 3.63) is 0 Å². The largest absolute Gasteiger partial charge is 0.396 e. The van der Waals surface area contributed by atoms with Gasteiger partial charge in [-0.05, 0) is 31.1 Å². The van der Waals surface area contributed by atoms with Crippen LogP contribution in [0.4, 0.5) is 0 Å². The van der Waals surface area contributed by atoms with Gasteiger partial charge in [0.25, 0.3) is 0 Å². The smallest absolute Gasteiger partial charge is 0.0504 e. The highest BCUT2D eigenvalue weighted by molar-refractivity contribution is 4.71. The van der Waals surface area contributed by atoms with Gasteiger partial charge in [0, 0.05) is 18.6 Å². The van der Waals surface area contributed by atoms with E-state index in [4.69, 9.17) is 20.4 Å². The van der Waals surface area contributed by atoms with Gasteiger partial charge >= 0.3 is 0 Å². The van der Waals surface area contributed by atoms with Gasteiger partial charge < -0.3 is 20.4 Å². The molecule has 0 heterocycles. The molecule has 0 spiro atoms. The number of aliphatic hydroxyl groups excluding tert-OH is 4. The van der Waals surface area contributed by atoms with Gasteiger partial charge in [-0.15, -0.1) is 0 Å². The van der Waals surface area contributed by atoms with Crippen molar-refractivity contribution in [3.63, 3.8) is 0 Å². The van der Waals surface area contributed by atoms with E-state index >= 15 is 0 Å². The Morgan fingerprint density at radius 1 is 0.882 bits per heavy atom. The Morgan fingerprint density at radius 3 is 1.53 bits per heavy atom. The molecule has 2 unspecified atom stereocenters. The molecule has 1 aliphatic carbocycles. The summed E-state index contributed by atoms with van der Waals surface area (Å²) in [6, 6.07) is 0. The monoisotopic (exact) mass is 248 g/mol. The van der Waals surface area contributed by atoms with Crippen LogP contribution in [0.5, 0.6) is 0 Å². The van der Waals surface area contributed by atoms with Crippen molar-refractivity contribution in [2.24, 2.45) is 17.3 Å². The molecule has 104 valence electrons. The summed E-state index contributed by atoms with van der Waals surface area (Å²) in [6.45, 7) is 4.29. The van der Waals surface area contributed by atoms with Crippen LogP contribution in [0.15, 0.2) is 0 Å². The lowest BCUT2D eigenvalue weighted by atomic mass is 9.82. The highest BCUT2D eigenvalue weighted by Gasteiger charge is 2.20. The van der Waals surface area contributed by atoms with Gasteiger partial charge in [0.05, 0.1) is 13.2 Å². The first-order chi connectivity index (χ1) is 7.99. The van der Waals surface area contributed by atoms with Gasteiger partial charge in [0.15, 0.2) is 0 Å². The van der Waals surface area contributed by atoms with E-state index in [1.165, 1.54) is 6.42 Å². The second-order valence-corrected chi connectivity index (χ2v) is 5.74. The van der Waals surface area contributed by atoms with Gasteiger partial charge in [0.1, 0.15) is 0 Å². The van der Waals surface area contributed by atoms with E-state index in [-0.39, 0.29) is 18.6 Å². The molecule has 1 saturated carbocycles. The predicted molar refractivity (Wildman–Crippen MR) is 67.6 cm³/mol. The summed E-state index contributed by atoms with van der Waals surface area (Å²) in [7, 11) is 0. The molecule has 1 aliphatic rings. The average molecular weight is 248 g/mol. The maximum Gasteiger partial charge on any atom is 0.0504 e. The zero-order valence-electron chi connectivity index (χ0n) is 11.1. The summed E-state index contributed by atoms with van der Waals surface area (Å²) in [5, 5.41) is 34.5. The van der Waals surface area contributed by atoms with Crippen LogP contribution in [0, 0.1) is 17.3 Å². The van der Waals surface area contributed by atoms with Crippen LogP contribution < -0.4 is 0 Å². The molecule has 0 saturated heterocycles. The maximum absolute atomic E-state index is 8.82. The van der Waals surface area contributed by atoms with Crippen molar-refractivity contribution in [3.8, 4) is 0 Å². The van der Waals surface area contributed by atoms with E-state index in [0.717, 1.165) is 19.3 Å². The molecule has 1 rings (SSSR count). The minimum absolute atomic E-state index is 0.0451. The van der Waals surface area contributed by atoms with E-state index in [9.17, 15) is 0 Å². The molecule has 4 nitrogen and oxygen atoms in total. The molecular weight excluding hydrogens is 220 g/mol. The molecule has 0 aliphatic heterocycles. The molecule has 0 radical (unpaired) electrons. The number of rotatable bonds is 4. The summed E-state index contributed by atoms with van der Waals surface area (Å²) in [5.74, 6) is 0.928. The Labute approximate surface area is 104 Å². The third-order valence-corrected chi connectivity index (χ3v) is 3.26. The van der Waals surface area contributed by atoms with Crippen LogP contribution in [0.25, 0.3) is 0 Å². The molecule has 4 N–H and O–H groups in total. The molecular formula is C13H28O4. The van der Waals surface area contributed by atoms with Crippen LogP contribution in [-0.2, 0) is 0 Å². The quantitative estimate of drug-likeness (QED) is 0.592. The minimum Gasteiger partial charge on any atom is -0.396 e. The molecule has 0 amide bonds. The highest BCUT2D eigenvalue weighted by Crippen LogP contribution is 2.27. The molecule has 0 aromatic carbocycles. The lowest BCUT2D eigenvalue weighted by molar-refractivity contribution is 0.0857. The SMILES string of the molecule is CC(C)(CO)CO.OCC1CCCC(CO)C1. The average Bonchev–Trinajstić information content (AvgIpc) is 2.39. The standard InChI is InChI=1S/C8H16O2.C5H12O2/c9-5-7-2-1-3-8(4-7)6-10;1-5(2,3-6)4-7/h7-10H,1-6H2;6-7H,3-4H2,1-2H3. The van der Waals surface area contributed by atoms with Crippen molar-refractivity contribution in [2.75, 3.05) is 26.4 Å². The molecule has 2 atom stereocenters. The zero-order valence-corrected chi connectivity index (χ0v) is 11.1. The summed E-state index contributed by atoms with van der Waals surface area (Å²) in [5.41, 5.74) is -0.306. The van der Waals surface area contributed by atoms with E-state index in [2.05, 4.69) is 0 Å². The summed E-state index contributed by atoms with van der Waals surface area (Å²) >= 11 is 0. The fraction of sp³-hybridized carbons (Fsp3) is 1.00. The normalized spacial score (nSPS) is 25.1. The van der Waals surface area contributed by atoms with Crippen LogP contribution in [0.3, 0.4) is 0 Å². The van der Waals surface area contributed by atoms with E-state index in [1.54, 1.807) is 13.8 Å². The first-order valence-corrected chi connectivity index (χ1v) is 6.42. The zero-order chi connectivity index (χ0) is 13.3. The molecule has 0 aromatic heterocycles. The first kappa shape index (κ1) is 16.8. The van der Waals surface area contributed by atoms with Crippen molar-refractivity contribution in [1.82, 2.24) is 0 Å². The van der Waals surface area contributed by atoms with Gasteiger partial charge in [-0.1, -0.05) is 20.3 Å².